The monoisotopic (exact) mass is 522 g/mol. The fourth-order valence-electron chi connectivity index (χ4n) is 4.35. The molecule has 0 spiro atoms. The maximum Gasteiger partial charge on any atom is 0.602 e. The van der Waals surface area contributed by atoms with Gasteiger partial charge in [-0.15, -0.1) is 0 Å². The van der Waals surface area contributed by atoms with Gasteiger partial charge in [0.2, 0.25) is 0 Å². The number of rotatable bonds is 10. The van der Waals surface area contributed by atoms with E-state index >= 15 is 0 Å². The third-order valence-corrected chi connectivity index (χ3v) is 6.76. The van der Waals surface area contributed by atoms with Gasteiger partial charge in [-0.3, -0.25) is 29.1 Å². The zero-order valence-electron chi connectivity index (χ0n) is 22.5. The lowest BCUT2D eigenvalue weighted by Gasteiger charge is -2.34. The average Bonchev–Trinajstić information content (AvgIpc) is 2.90. The molecule has 0 bridgehead atoms. The number of benzene rings is 1. The summed E-state index contributed by atoms with van der Waals surface area (Å²) >= 11 is 0. The van der Waals surface area contributed by atoms with Gasteiger partial charge in [0, 0.05) is 24.6 Å². The first-order valence-corrected chi connectivity index (χ1v) is 12.8. The molecule has 1 aliphatic heterocycles. The Hall–Kier alpha value is -3.60. The number of aromatic nitrogens is 2. The Labute approximate surface area is 223 Å². The molecule has 202 valence electrons. The first-order valence-electron chi connectivity index (χ1n) is 12.8. The number of carbonyl (C=O) groups excluding carboxylic acids is 4. The Morgan fingerprint density at radius 3 is 2.24 bits per heavy atom. The van der Waals surface area contributed by atoms with Crippen LogP contribution in [0.1, 0.15) is 56.6 Å². The summed E-state index contributed by atoms with van der Waals surface area (Å²) in [5.41, 5.74) is 0.951. The highest BCUT2D eigenvalue weighted by Gasteiger charge is 2.45. The molecule has 1 aromatic carbocycles. The topological polar surface area (TPSA) is 128 Å². The molecule has 1 aromatic heterocycles. The Kier molecular flexibility index (Phi) is 10.1. The lowest BCUT2D eigenvalue weighted by molar-refractivity contribution is -0.153. The van der Waals surface area contributed by atoms with E-state index in [2.05, 4.69) is 15.3 Å². The Morgan fingerprint density at radius 2 is 1.68 bits per heavy atom. The molecule has 1 aliphatic rings. The van der Waals surface area contributed by atoms with Crippen molar-refractivity contribution in [3.05, 3.63) is 60.2 Å². The van der Waals surface area contributed by atoms with Gasteiger partial charge < -0.3 is 14.6 Å². The van der Waals surface area contributed by atoms with Crippen LogP contribution in [0.4, 0.5) is 0 Å². The number of nitrogens with one attached hydrogen (secondary N) is 1. The number of hydrogen-bond donors (Lipinski definition) is 1. The normalized spacial score (nSPS) is 20.1. The van der Waals surface area contributed by atoms with Gasteiger partial charge in [-0.1, -0.05) is 44.2 Å². The molecule has 4 atom stereocenters. The highest BCUT2D eigenvalue weighted by Crippen LogP contribution is 2.29. The van der Waals surface area contributed by atoms with Crippen molar-refractivity contribution in [2.75, 3.05) is 7.05 Å². The van der Waals surface area contributed by atoms with Gasteiger partial charge >= 0.3 is 19.1 Å². The molecule has 1 amide bonds. The van der Waals surface area contributed by atoms with Crippen molar-refractivity contribution in [1.29, 1.82) is 0 Å². The van der Waals surface area contributed by atoms with Crippen molar-refractivity contribution in [3.63, 3.8) is 0 Å². The molecule has 11 heteroatoms. The van der Waals surface area contributed by atoms with E-state index in [9.17, 15) is 19.2 Å². The molecule has 38 heavy (non-hydrogen) atoms. The minimum atomic E-state index is -1.21. The standard InChI is InChI=1S/C27H35BN4O6/c1-17(2)13-21(28-37-26(35)18(3)32(5)19(4)27(36)38-28)15-24(33)22(14-20-9-7-6-8-10-20)31-25(34)23-16-29-11-12-30-23/h6-12,16-19,21-22H,13-15H2,1-5H3,(H,31,34)/t18-,19-,21-,22+/m1/s1. The summed E-state index contributed by atoms with van der Waals surface area (Å²) in [6, 6.07) is 7.13. The van der Waals surface area contributed by atoms with Crippen LogP contribution in [0, 0.1) is 5.92 Å². The molecule has 0 aliphatic carbocycles. The highest BCUT2D eigenvalue weighted by atomic mass is 16.6. The van der Waals surface area contributed by atoms with Crippen molar-refractivity contribution in [2.24, 2.45) is 5.92 Å². The van der Waals surface area contributed by atoms with Crippen molar-refractivity contribution in [1.82, 2.24) is 20.2 Å². The van der Waals surface area contributed by atoms with Crippen molar-refractivity contribution < 1.29 is 28.5 Å². The minimum Gasteiger partial charge on any atom is -0.498 e. The molecule has 2 heterocycles. The Bertz CT molecular complexity index is 1090. The molecule has 1 saturated heterocycles. The van der Waals surface area contributed by atoms with Crippen LogP contribution < -0.4 is 5.32 Å². The van der Waals surface area contributed by atoms with Gasteiger partial charge in [0.25, 0.3) is 5.91 Å². The number of Topliss-reactive ketones (excluding diaryl/α,β-unsaturated/α-hetero) is 1. The summed E-state index contributed by atoms with van der Waals surface area (Å²) < 4.78 is 11.2. The van der Waals surface area contributed by atoms with E-state index in [1.165, 1.54) is 18.6 Å². The van der Waals surface area contributed by atoms with Gasteiger partial charge in [-0.2, -0.15) is 0 Å². The van der Waals surface area contributed by atoms with Crippen molar-refractivity contribution >= 4 is 30.7 Å². The second kappa shape index (κ2) is 13.3. The van der Waals surface area contributed by atoms with Crippen molar-refractivity contribution in [3.8, 4) is 0 Å². The first kappa shape index (κ1) is 29.0. The molecule has 10 nitrogen and oxygen atoms in total. The van der Waals surface area contributed by atoms with Gasteiger partial charge in [0.05, 0.1) is 12.2 Å². The number of amides is 1. The molecule has 0 saturated carbocycles. The summed E-state index contributed by atoms with van der Waals surface area (Å²) in [7, 11) is 0.439. The average molecular weight is 522 g/mol. The number of hydrogen-bond acceptors (Lipinski definition) is 9. The molecular weight excluding hydrogens is 487 g/mol. The zero-order chi connectivity index (χ0) is 27.8. The molecule has 0 unspecified atom stereocenters. The van der Waals surface area contributed by atoms with E-state index in [1.807, 2.05) is 44.2 Å². The predicted molar refractivity (Wildman–Crippen MR) is 141 cm³/mol. The van der Waals surface area contributed by atoms with Crippen LogP contribution in [0.3, 0.4) is 0 Å². The van der Waals surface area contributed by atoms with Crippen LogP contribution >= 0.6 is 0 Å². The lowest BCUT2D eigenvalue weighted by Crippen LogP contribution is -2.53. The van der Waals surface area contributed by atoms with E-state index in [0.717, 1.165) is 5.56 Å². The molecule has 1 N–H and O–H groups in total. The second-order valence-electron chi connectivity index (χ2n) is 10.1. The van der Waals surface area contributed by atoms with Gasteiger partial charge in [0.1, 0.15) is 17.8 Å². The summed E-state index contributed by atoms with van der Waals surface area (Å²) in [5.74, 6) is -2.34. The Balaban J connectivity index is 1.85. The number of likely N-dealkylation sites (N-methyl/N-ethyl adjacent to an activating group) is 1. The zero-order valence-corrected chi connectivity index (χ0v) is 22.5. The maximum absolute atomic E-state index is 13.7. The van der Waals surface area contributed by atoms with E-state index in [0.29, 0.717) is 6.42 Å². The van der Waals surface area contributed by atoms with Crippen LogP contribution in [-0.4, -0.2) is 70.8 Å². The van der Waals surface area contributed by atoms with Crippen LogP contribution in [-0.2, 0) is 30.1 Å². The lowest BCUT2D eigenvalue weighted by atomic mass is 9.64. The van der Waals surface area contributed by atoms with Gasteiger partial charge in [-0.25, -0.2) is 4.98 Å². The number of ketones is 1. The SMILES string of the molecule is CC(C)C[C@H](CC(=O)[C@H](Cc1ccccc1)NC(=O)c1cnccn1)B1OC(=O)[C@@H](C)N(C)[C@H](C)C(=O)O1. The third-order valence-electron chi connectivity index (χ3n) is 6.76. The fraction of sp³-hybridized carbons (Fsp3) is 0.481. The summed E-state index contributed by atoms with van der Waals surface area (Å²) in [6.45, 7) is 7.27. The minimum absolute atomic E-state index is 0.0692. The largest absolute Gasteiger partial charge is 0.602 e. The molecule has 3 rings (SSSR count). The Morgan fingerprint density at radius 1 is 1.05 bits per heavy atom. The molecule has 2 aromatic rings. The summed E-state index contributed by atoms with van der Waals surface area (Å²) in [5, 5.41) is 2.79. The van der Waals surface area contributed by atoms with E-state index < -0.39 is 48.9 Å². The van der Waals surface area contributed by atoms with Crippen molar-refractivity contribution in [2.45, 2.75) is 70.9 Å². The van der Waals surface area contributed by atoms with Gasteiger partial charge in [-0.05, 0) is 45.2 Å². The summed E-state index contributed by atoms with van der Waals surface area (Å²) in [4.78, 5) is 61.7. The maximum atomic E-state index is 13.7. The van der Waals surface area contributed by atoms with Crippen LogP contribution in [0.15, 0.2) is 48.9 Å². The molecule has 0 radical (unpaired) electrons. The molecular formula is C27H35BN4O6. The van der Waals surface area contributed by atoms with Gasteiger partial charge in [0.15, 0.2) is 5.78 Å². The van der Waals surface area contributed by atoms with Crippen LogP contribution in [0.2, 0.25) is 5.82 Å². The third kappa shape index (κ3) is 7.70. The second-order valence-corrected chi connectivity index (χ2v) is 10.1. The first-order chi connectivity index (χ1) is 18.1. The smallest absolute Gasteiger partial charge is 0.498 e. The highest BCUT2D eigenvalue weighted by molar-refractivity contribution is 6.51. The molecule has 1 fully saturated rings. The van der Waals surface area contributed by atoms with E-state index in [4.69, 9.17) is 9.31 Å². The van der Waals surface area contributed by atoms with Crippen LogP contribution in [0.5, 0.6) is 0 Å². The predicted octanol–water partition coefficient (Wildman–Crippen LogP) is 2.49. The quantitative estimate of drug-likeness (QED) is 0.468. The summed E-state index contributed by atoms with van der Waals surface area (Å²) in [6.07, 6.45) is 4.83. The number of carbonyl (C=O) groups is 4. The van der Waals surface area contributed by atoms with Crippen LogP contribution in [0.25, 0.3) is 0 Å². The fourth-order valence-corrected chi connectivity index (χ4v) is 4.35. The van der Waals surface area contributed by atoms with E-state index in [-0.39, 0.29) is 30.2 Å². The number of nitrogens with zero attached hydrogens (tertiary/aromatic N) is 3. The van der Waals surface area contributed by atoms with E-state index in [1.54, 1.807) is 25.8 Å².